The van der Waals surface area contributed by atoms with E-state index in [1.807, 2.05) is 40.1 Å². The number of benzene rings is 1. The topological polar surface area (TPSA) is 73.2 Å². The summed E-state index contributed by atoms with van der Waals surface area (Å²) in [6, 6.07) is 5.29. The summed E-state index contributed by atoms with van der Waals surface area (Å²) < 4.78 is 7.31. The van der Waals surface area contributed by atoms with E-state index in [0.717, 1.165) is 17.5 Å². The molecule has 1 aromatic heterocycles. The maximum atomic E-state index is 12.5. The molecular weight excluding hydrogens is 330 g/mol. The van der Waals surface area contributed by atoms with Crippen LogP contribution in [0.1, 0.15) is 47.7 Å². The van der Waals surface area contributed by atoms with Gasteiger partial charge in [0.15, 0.2) is 0 Å². The van der Waals surface area contributed by atoms with Gasteiger partial charge in [-0.25, -0.2) is 0 Å². The Morgan fingerprint density at radius 2 is 2.15 bits per heavy atom. The summed E-state index contributed by atoms with van der Waals surface area (Å²) in [5.74, 6) is 0.137. The fourth-order valence-corrected chi connectivity index (χ4v) is 2.94. The second-order valence-electron chi connectivity index (χ2n) is 7.42. The Kier molecular flexibility index (Phi) is 5.11. The SMILES string of the molecule is Cc1ccc(OC(=O)[C@H]2C[C@@H]2c2cnn(C)c2)c(C(=O)NCC(C)C)c1. The molecule has 1 fully saturated rings. The van der Waals surface area contributed by atoms with E-state index >= 15 is 0 Å². The molecule has 2 atom stereocenters. The first kappa shape index (κ1) is 18.2. The molecule has 1 N–H and O–H groups in total. The fourth-order valence-electron chi connectivity index (χ4n) is 2.94. The molecule has 0 saturated heterocycles. The molecule has 1 amide bonds. The third-order valence-electron chi connectivity index (χ3n) is 4.51. The lowest BCUT2D eigenvalue weighted by Gasteiger charge is -2.12. The van der Waals surface area contributed by atoms with E-state index in [1.165, 1.54) is 0 Å². The van der Waals surface area contributed by atoms with Crippen LogP contribution >= 0.6 is 0 Å². The Labute approximate surface area is 153 Å². The van der Waals surface area contributed by atoms with Gasteiger partial charge < -0.3 is 10.1 Å². The zero-order chi connectivity index (χ0) is 18.8. The van der Waals surface area contributed by atoms with Gasteiger partial charge in [-0.2, -0.15) is 5.10 Å². The molecule has 1 aliphatic carbocycles. The van der Waals surface area contributed by atoms with Crippen molar-refractivity contribution >= 4 is 11.9 Å². The first-order chi connectivity index (χ1) is 12.3. The van der Waals surface area contributed by atoms with Crippen LogP contribution in [0.25, 0.3) is 0 Å². The maximum absolute atomic E-state index is 12.5. The zero-order valence-corrected chi connectivity index (χ0v) is 15.7. The van der Waals surface area contributed by atoms with Crippen molar-refractivity contribution in [1.29, 1.82) is 0 Å². The van der Waals surface area contributed by atoms with Gasteiger partial charge in [0, 0.05) is 25.7 Å². The Bertz CT molecular complexity index is 825. The van der Waals surface area contributed by atoms with Crippen LogP contribution in [0.5, 0.6) is 5.75 Å². The van der Waals surface area contributed by atoms with Crippen molar-refractivity contribution in [2.24, 2.45) is 18.9 Å². The Morgan fingerprint density at radius 3 is 2.81 bits per heavy atom. The number of nitrogens with one attached hydrogen (secondary N) is 1. The molecule has 0 unspecified atom stereocenters. The second-order valence-corrected chi connectivity index (χ2v) is 7.42. The Hall–Kier alpha value is -2.63. The highest BCUT2D eigenvalue weighted by Gasteiger charge is 2.46. The Balaban J connectivity index is 1.69. The number of carbonyl (C=O) groups excluding carboxylic acids is 2. The van der Waals surface area contributed by atoms with E-state index < -0.39 is 0 Å². The van der Waals surface area contributed by atoms with Crippen molar-refractivity contribution in [1.82, 2.24) is 15.1 Å². The smallest absolute Gasteiger partial charge is 0.314 e. The molecule has 138 valence electrons. The monoisotopic (exact) mass is 355 g/mol. The summed E-state index contributed by atoms with van der Waals surface area (Å²) in [5.41, 5.74) is 2.39. The highest BCUT2D eigenvalue weighted by Crippen LogP contribution is 2.48. The molecule has 26 heavy (non-hydrogen) atoms. The predicted molar refractivity (Wildman–Crippen MR) is 98.0 cm³/mol. The molecule has 0 radical (unpaired) electrons. The number of nitrogens with zero attached hydrogens (tertiary/aromatic N) is 2. The van der Waals surface area contributed by atoms with Crippen LogP contribution < -0.4 is 10.1 Å². The average Bonchev–Trinajstić information content (AvgIpc) is 3.28. The van der Waals surface area contributed by atoms with Crippen molar-refractivity contribution in [3.05, 3.63) is 47.3 Å². The van der Waals surface area contributed by atoms with E-state index in [4.69, 9.17) is 4.74 Å². The van der Waals surface area contributed by atoms with Crippen LogP contribution in [0.2, 0.25) is 0 Å². The Morgan fingerprint density at radius 1 is 1.38 bits per heavy atom. The number of amides is 1. The third-order valence-corrected chi connectivity index (χ3v) is 4.51. The van der Waals surface area contributed by atoms with Crippen LogP contribution in [-0.4, -0.2) is 28.2 Å². The number of aromatic nitrogens is 2. The fraction of sp³-hybridized carbons (Fsp3) is 0.450. The molecular formula is C20H25N3O3. The van der Waals surface area contributed by atoms with E-state index in [0.29, 0.717) is 23.8 Å². The van der Waals surface area contributed by atoms with Crippen molar-refractivity contribution in [3.63, 3.8) is 0 Å². The highest BCUT2D eigenvalue weighted by atomic mass is 16.5. The predicted octanol–water partition coefficient (Wildman–Crippen LogP) is 2.82. The van der Waals surface area contributed by atoms with Crippen LogP contribution in [-0.2, 0) is 11.8 Å². The summed E-state index contributed by atoms with van der Waals surface area (Å²) in [6.07, 6.45) is 4.47. The van der Waals surface area contributed by atoms with Crippen LogP contribution in [0, 0.1) is 18.8 Å². The summed E-state index contributed by atoms with van der Waals surface area (Å²) in [7, 11) is 1.85. The second kappa shape index (κ2) is 7.32. The minimum absolute atomic E-state index is 0.153. The third kappa shape index (κ3) is 4.12. The molecule has 2 aromatic rings. The number of ether oxygens (including phenoxy) is 1. The van der Waals surface area contributed by atoms with Crippen molar-refractivity contribution in [2.75, 3.05) is 6.54 Å². The van der Waals surface area contributed by atoms with Gasteiger partial charge in [0.1, 0.15) is 5.75 Å². The molecule has 1 aliphatic rings. The van der Waals surface area contributed by atoms with Gasteiger partial charge in [-0.3, -0.25) is 14.3 Å². The van der Waals surface area contributed by atoms with E-state index in [2.05, 4.69) is 10.4 Å². The van der Waals surface area contributed by atoms with Gasteiger partial charge >= 0.3 is 5.97 Å². The van der Waals surface area contributed by atoms with Gasteiger partial charge in [-0.05, 0) is 37.0 Å². The van der Waals surface area contributed by atoms with Gasteiger partial charge in [0.25, 0.3) is 5.91 Å². The normalized spacial score (nSPS) is 18.7. The molecule has 1 heterocycles. The van der Waals surface area contributed by atoms with E-state index in [-0.39, 0.29) is 23.7 Å². The van der Waals surface area contributed by atoms with Gasteiger partial charge in [0.2, 0.25) is 0 Å². The first-order valence-corrected chi connectivity index (χ1v) is 8.94. The van der Waals surface area contributed by atoms with Gasteiger partial charge in [-0.1, -0.05) is 25.5 Å². The number of carbonyl (C=O) groups is 2. The minimum Gasteiger partial charge on any atom is -0.425 e. The molecule has 3 rings (SSSR count). The molecule has 0 aliphatic heterocycles. The molecule has 1 aromatic carbocycles. The summed E-state index contributed by atoms with van der Waals surface area (Å²) in [4.78, 5) is 25.0. The van der Waals surface area contributed by atoms with Crippen molar-refractivity contribution in [2.45, 2.75) is 33.1 Å². The summed E-state index contributed by atoms with van der Waals surface area (Å²) in [5, 5.41) is 7.03. The van der Waals surface area contributed by atoms with E-state index in [1.54, 1.807) is 23.0 Å². The van der Waals surface area contributed by atoms with Gasteiger partial charge in [0.05, 0.1) is 17.7 Å². The molecule has 0 spiro atoms. The lowest BCUT2D eigenvalue weighted by atomic mass is 10.1. The quantitative estimate of drug-likeness (QED) is 0.639. The van der Waals surface area contributed by atoms with Crippen LogP contribution in [0.4, 0.5) is 0 Å². The van der Waals surface area contributed by atoms with E-state index in [9.17, 15) is 9.59 Å². The molecule has 1 saturated carbocycles. The van der Waals surface area contributed by atoms with Crippen LogP contribution in [0.15, 0.2) is 30.6 Å². The summed E-state index contributed by atoms with van der Waals surface area (Å²) in [6.45, 7) is 6.54. The van der Waals surface area contributed by atoms with Crippen LogP contribution in [0.3, 0.4) is 0 Å². The minimum atomic E-state index is -0.291. The molecule has 6 heteroatoms. The molecule has 6 nitrogen and oxygen atoms in total. The lowest BCUT2D eigenvalue weighted by molar-refractivity contribution is -0.135. The molecule has 0 bridgehead atoms. The number of esters is 1. The number of hydrogen-bond acceptors (Lipinski definition) is 4. The van der Waals surface area contributed by atoms with Gasteiger partial charge in [-0.15, -0.1) is 0 Å². The van der Waals surface area contributed by atoms with Crippen molar-refractivity contribution < 1.29 is 14.3 Å². The number of rotatable bonds is 6. The number of hydrogen-bond donors (Lipinski definition) is 1. The summed E-state index contributed by atoms with van der Waals surface area (Å²) >= 11 is 0. The standard InChI is InChI=1S/C20H25N3O3/c1-12(2)9-21-19(24)17-7-13(3)5-6-18(17)26-20(25)16-8-15(16)14-10-22-23(4)11-14/h5-7,10-12,15-16H,8-9H2,1-4H3,(H,21,24)/t15-,16+/m1/s1. The lowest BCUT2D eigenvalue weighted by Crippen LogP contribution is -2.28. The number of aryl methyl sites for hydroxylation is 2. The largest absolute Gasteiger partial charge is 0.425 e. The first-order valence-electron chi connectivity index (χ1n) is 8.94. The average molecular weight is 355 g/mol. The maximum Gasteiger partial charge on any atom is 0.314 e. The highest BCUT2D eigenvalue weighted by molar-refractivity contribution is 5.98. The zero-order valence-electron chi connectivity index (χ0n) is 15.7. The van der Waals surface area contributed by atoms with Crippen molar-refractivity contribution in [3.8, 4) is 5.75 Å².